The van der Waals surface area contributed by atoms with E-state index in [4.69, 9.17) is 16.3 Å². The topological polar surface area (TPSA) is 70.2 Å². The molecular formula is C34H43Cl2N3O4S. The van der Waals surface area contributed by atoms with Crippen molar-refractivity contribution in [2.24, 2.45) is 5.92 Å². The number of likely N-dealkylation sites (N-methyl/N-ethyl adjacent to an activating group) is 1. The minimum atomic E-state index is -3.61. The quantitative estimate of drug-likeness (QED) is 0.196. The second-order valence-electron chi connectivity index (χ2n) is 11.8. The minimum absolute atomic E-state index is 0. The van der Waals surface area contributed by atoms with Crippen molar-refractivity contribution >= 4 is 40.1 Å². The lowest BCUT2D eigenvalue weighted by Gasteiger charge is -2.38. The first-order valence-corrected chi connectivity index (χ1v) is 17.1. The summed E-state index contributed by atoms with van der Waals surface area (Å²) in [6, 6.07) is 26.3. The molecule has 3 aromatic carbocycles. The lowest BCUT2D eigenvalue weighted by atomic mass is 9.94. The SMILES string of the molecule is CN(C[C@@H](CCN1CCC(N(CC2CC2)C(=O)OCc2ccccc2)CC1)c1cccc(Cl)c1)S(=O)(=O)c1ccccc1.Cl. The van der Waals surface area contributed by atoms with Gasteiger partial charge in [-0.15, -0.1) is 12.4 Å². The van der Waals surface area contributed by atoms with E-state index in [2.05, 4.69) is 4.90 Å². The Morgan fingerprint density at radius 3 is 2.25 bits per heavy atom. The molecule has 5 rings (SSSR count). The van der Waals surface area contributed by atoms with Crippen LogP contribution in [0.4, 0.5) is 4.79 Å². The number of hydrogen-bond donors (Lipinski definition) is 0. The van der Waals surface area contributed by atoms with Crippen LogP contribution in [0.5, 0.6) is 0 Å². The van der Waals surface area contributed by atoms with Crippen molar-refractivity contribution < 1.29 is 17.9 Å². The summed E-state index contributed by atoms with van der Waals surface area (Å²) in [4.78, 5) is 17.9. The summed E-state index contributed by atoms with van der Waals surface area (Å²) in [7, 11) is -1.96. The first-order chi connectivity index (χ1) is 20.8. The highest BCUT2D eigenvalue weighted by Gasteiger charge is 2.34. The normalized spacial score (nSPS) is 16.7. The molecule has 1 aliphatic carbocycles. The van der Waals surface area contributed by atoms with Gasteiger partial charge in [-0.3, -0.25) is 0 Å². The Labute approximate surface area is 273 Å². The third kappa shape index (κ3) is 9.44. The Morgan fingerprint density at radius 2 is 1.61 bits per heavy atom. The molecule has 0 unspecified atom stereocenters. The monoisotopic (exact) mass is 659 g/mol. The van der Waals surface area contributed by atoms with Crippen LogP contribution in [0.15, 0.2) is 89.8 Å². The summed E-state index contributed by atoms with van der Waals surface area (Å²) < 4.78 is 33.8. The summed E-state index contributed by atoms with van der Waals surface area (Å²) in [5.41, 5.74) is 2.03. The number of ether oxygens (including phenoxy) is 1. The zero-order valence-electron chi connectivity index (χ0n) is 25.3. The molecule has 0 spiro atoms. The fourth-order valence-corrected chi connectivity index (χ4v) is 7.29. The Balaban J connectivity index is 0.00000442. The van der Waals surface area contributed by atoms with Crippen molar-refractivity contribution in [1.82, 2.24) is 14.1 Å². The Morgan fingerprint density at radius 1 is 0.955 bits per heavy atom. The molecule has 1 amide bonds. The van der Waals surface area contributed by atoms with Crippen LogP contribution < -0.4 is 0 Å². The third-order valence-corrected chi connectivity index (χ3v) is 10.7. The number of likely N-dealkylation sites (tertiary alicyclic amines) is 1. The van der Waals surface area contributed by atoms with Crippen LogP contribution in [-0.4, -0.2) is 74.4 Å². The highest BCUT2D eigenvalue weighted by atomic mass is 35.5. The van der Waals surface area contributed by atoms with Gasteiger partial charge in [0.2, 0.25) is 10.0 Å². The first kappa shape index (κ1) is 34.3. The molecule has 0 N–H and O–H groups in total. The van der Waals surface area contributed by atoms with Crippen molar-refractivity contribution in [3.05, 3.63) is 101 Å². The van der Waals surface area contributed by atoms with Crippen molar-refractivity contribution in [3.8, 4) is 0 Å². The molecule has 2 aliphatic rings. The van der Waals surface area contributed by atoms with Gasteiger partial charge in [0.05, 0.1) is 4.90 Å². The predicted octanol–water partition coefficient (Wildman–Crippen LogP) is 7.07. The van der Waals surface area contributed by atoms with E-state index >= 15 is 0 Å². The number of halogens is 2. The molecule has 1 saturated carbocycles. The van der Waals surface area contributed by atoms with Gasteiger partial charge >= 0.3 is 6.09 Å². The molecule has 238 valence electrons. The van der Waals surface area contributed by atoms with Gasteiger partial charge in [0, 0.05) is 44.3 Å². The highest BCUT2D eigenvalue weighted by Crippen LogP contribution is 2.32. The maximum Gasteiger partial charge on any atom is 0.410 e. The van der Waals surface area contributed by atoms with Crippen molar-refractivity contribution in [1.29, 1.82) is 0 Å². The van der Waals surface area contributed by atoms with Crippen LogP contribution in [0.25, 0.3) is 0 Å². The van der Waals surface area contributed by atoms with Gasteiger partial charge < -0.3 is 14.5 Å². The Kier molecular flexibility index (Phi) is 12.5. The van der Waals surface area contributed by atoms with Gasteiger partial charge in [-0.2, -0.15) is 0 Å². The molecule has 1 aliphatic heterocycles. The van der Waals surface area contributed by atoms with Gasteiger partial charge in [-0.25, -0.2) is 17.5 Å². The van der Waals surface area contributed by atoms with Crippen LogP contribution in [-0.2, 0) is 21.4 Å². The summed E-state index contributed by atoms with van der Waals surface area (Å²) in [6.07, 6.45) is 4.75. The van der Waals surface area contributed by atoms with Gasteiger partial charge in [0.1, 0.15) is 6.61 Å². The van der Waals surface area contributed by atoms with Crippen LogP contribution in [0, 0.1) is 5.92 Å². The fraction of sp³-hybridized carbons (Fsp3) is 0.441. The molecule has 44 heavy (non-hydrogen) atoms. The van der Waals surface area contributed by atoms with E-state index in [1.54, 1.807) is 31.3 Å². The smallest absolute Gasteiger partial charge is 0.410 e. The van der Waals surface area contributed by atoms with E-state index in [-0.39, 0.29) is 30.5 Å². The van der Waals surface area contributed by atoms with Crippen LogP contribution in [0.2, 0.25) is 5.02 Å². The molecule has 7 nitrogen and oxygen atoms in total. The number of sulfonamides is 1. The van der Waals surface area contributed by atoms with E-state index in [1.807, 2.05) is 65.6 Å². The van der Waals surface area contributed by atoms with E-state index < -0.39 is 10.0 Å². The molecule has 1 heterocycles. The molecule has 0 aromatic heterocycles. The molecular weight excluding hydrogens is 617 g/mol. The Bertz CT molecular complexity index is 1430. The number of rotatable bonds is 13. The number of carbonyl (C=O) groups excluding carboxylic acids is 1. The second-order valence-corrected chi connectivity index (χ2v) is 14.3. The number of benzene rings is 3. The molecule has 10 heteroatoms. The molecule has 1 atom stereocenters. The number of carbonyl (C=O) groups is 1. The molecule has 0 radical (unpaired) electrons. The van der Waals surface area contributed by atoms with Crippen LogP contribution >= 0.6 is 24.0 Å². The van der Waals surface area contributed by atoms with E-state index in [1.165, 1.54) is 17.1 Å². The largest absolute Gasteiger partial charge is 0.445 e. The molecule has 2 fully saturated rings. The number of amides is 1. The lowest BCUT2D eigenvalue weighted by molar-refractivity contribution is 0.0580. The van der Waals surface area contributed by atoms with Gasteiger partial charge in [-0.1, -0.05) is 72.3 Å². The average Bonchev–Trinajstić information content (AvgIpc) is 3.86. The zero-order valence-corrected chi connectivity index (χ0v) is 27.7. The summed E-state index contributed by atoms with van der Waals surface area (Å²) in [6.45, 7) is 4.04. The fourth-order valence-electron chi connectivity index (χ4n) is 5.85. The predicted molar refractivity (Wildman–Crippen MR) is 178 cm³/mol. The maximum atomic E-state index is 13.3. The summed E-state index contributed by atoms with van der Waals surface area (Å²) >= 11 is 6.34. The third-order valence-electron chi connectivity index (χ3n) is 8.63. The number of hydrogen-bond acceptors (Lipinski definition) is 5. The summed E-state index contributed by atoms with van der Waals surface area (Å²) in [5, 5.41) is 0.645. The average molecular weight is 661 g/mol. The van der Waals surface area contributed by atoms with E-state index in [0.717, 1.165) is 56.6 Å². The standard InChI is InChI=1S/C34H42ClN3O4S.ClH/c1-36(43(40,41)33-13-6-3-7-14-33)25-30(29-11-8-12-31(35)23-29)17-20-37-21-18-32(19-22-37)38(24-27-15-16-27)34(39)42-26-28-9-4-2-5-10-28;/h2-14,23,27,30,32H,15-22,24-26H2,1H3;1H/t30-;/m1./s1. The zero-order chi connectivity index (χ0) is 30.2. The van der Waals surface area contributed by atoms with E-state index in [0.29, 0.717) is 29.0 Å². The lowest BCUT2D eigenvalue weighted by Crippen LogP contribution is -2.48. The summed E-state index contributed by atoms with van der Waals surface area (Å²) in [5.74, 6) is 0.573. The maximum absolute atomic E-state index is 13.3. The van der Waals surface area contributed by atoms with Gasteiger partial charge in [-0.05, 0) is 85.9 Å². The van der Waals surface area contributed by atoms with Crippen molar-refractivity contribution in [3.63, 3.8) is 0 Å². The number of nitrogens with zero attached hydrogens (tertiary/aromatic N) is 3. The first-order valence-electron chi connectivity index (χ1n) is 15.3. The minimum Gasteiger partial charge on any atom is -0.445 e. The molecule has 3 aromatic rings. The number of piperidine rings is 1. The van der Waals surface area contributed by atoms with Crippen LogP contribution in [0.1, 0.15) is 49.1 Å². The van der Waals surface area contributed by atoms with Crippen molar-refractivity contribution in [2.75, 3.05) is 39.8 Å². The molecule has 0 bridgehead atoms. The van der Waals surface area contributed by atoms with Gasteiger partial charge in [0.15, 0.2) is 0 Å². The molecule has 1 saturated heterocycles. The van der Waals surface area contributed by atoms with Crippen molar-refractivity contribution in [2.45, 2.75) is 55.6 Å². The Hall–Kier alpha value is -2.62. The highest BCUT2D eigenvalue weighted by molar-refractivity contribution is 7.89. The van der Waals surface area contributed by atoms with E-state index in [9.17, 15) is 13.2 Å². The van der Waals surface area contributed by atoms with Gasteiger partial charge in [0.25, 0.3) is 0 Å². The van der Waals surface area contributed by atoms with Crippen LogP contribution in [0.3, 0.4) is 0 Å². The second kappa shape index (κ2) is 16.1.